The Labute approximate surface area is 128 Å². The summed E-state index contributed by atoms with van der Waals surface area (Å²) < 4.78 is 22.7. The molecule has 0 heterocycles. The summed E-state index contributed by atoms with van der Waals surface area (Å²) in [6.07, 6.45) is 2.84. The van der Waals surface area contributed by atoms with E-state index in [1.165, 1.54) is 12.1 Å². The Morgan fingerprint density at radius 3 is 2.50 bits per heavy atom. The molecule has 112 valence electrons. The Hall–Kier alpha value is -0.820. The molecule has 3 N–H and O–H groups in total. The molecule has 0 radical (unpaired) electrons. The molecule has 5 nitrogen and oxygen atoms in total. The van der Waals surface area contributed by atoms with Crippen molar-refractivity contribution in [2.75, 3.05) is 6.54 Å². The van der Waals surface area contributed by atoms with Crippen LogP contribution in [0.15, 0.2) is 17.0 Å². The highest BCUT2D eigenvalue weighted by atomic mass is 35.5. The fraction of sp³-hybridized carbons (Fsp3) is 0.417. The van der Waals surface area contributed by atoms with E-state index in [0.717, 1.165) is 19.3 Å². The lowest BCUT2D eigenvalue weighted by Gasteiger charge is -2.10. The summed E-state index contributed by atoms with van der Waals surface area (Å²) in [6, 6.07) is 2.46. The molecule has 0 atom stereocenters. The highest BCUT2D eigenvalue weighted by Gasteiger charge is 2.22. The van der Waals surface area contributed by atoms with E-state index < -0.39 is 15.9 Å². The predicted octanol–water partition coefficient (Wildman–Crippen LogP) is 2.56. The largest absolute Gasteiger partial charge is 0.352 e. The highest BCUT2D eigenvalue weighted by molar-refractivity contribution is 7.89. The van der Waals surface area contributed by atoms with E-state index in [-0.39, 0.29) is 20.5 Å². The van der Waals surface area contributed by atoms with Crippen molar-refractivity contribution >= 4 is 39.1 Å². The van der Waals surface area contributed by atoms with Gasteiger partial charge in [0, 0.05) is 6.54 Å². The number of hydrogen-bond acceptors (Lipinski definition) is 3. The fourth-order valence-corrected chi connectivity index (χ4v) is 3.10. The third kappa shape index (κ3) is 4.34. The molecule has 1 amide bonds. The first-order chi connectivity index (χ1) is 9.29. The van der Waals surface area contributed by atoms with Gasteiger partial charge in [-0.25, -0.2) is 13.6 Å². The number of carbonyl (C=O) groups is 1. The minimum Gasteiger partial charge on any atom is -0.352 e. The van der Waals surface area contributed by atoms with Gasteiger partial charge in [0.1, 0.15) is 4.90 Å². The summed E-state index contributed by atoms with van der Waals surface area (Å²) in [6.45, 7) is 2.52. The number of nitrogens with one attached hydrogen (secondary N) is 1. The number of amides is 1. The van der Waals surface area contributed by atoms with Crippen molar-refractivity contribution < 1.29 is 13.2 Å². The van der Waals surface area contributed by atoms with Crippen molar-refractivity contribution in [1.29, 1.82) is 0 Å². The molecule has 0 fully saturated rings. The summed E-state index contributed by atoms with van der Waals surface area (Å²) in [4.78, 5) is 11.7. The predicted molar refractivity (Wildman–Crippen MR) is 79.7 cm³/mol. The molecular weight excluding hydrogens is 323 g/mol. The summed E-state index contributed by atoms with van der Waals surface area (Å²) in [7, 11) is -4.01. The average molecular weight is 339 g/mol. The molecule has 1 rings (SSSR count). The highest BCUT2D eigenvalue weighted by Crippen LogP contribution is 2.30. The molecule has 0 spiro atoms. The van der Waals surface area contributed by atoms with Crippen LogP contribution in [0.2, 0.25) is 10.0 Å². The van der Waals surface area contributed by atoms with Gasteiger partial charge >= 0.3 is 0 Å². The van der Waals surface area contributed by atoms with Crippen LogP contribution in [0.25, 0.3) is 0 Å². The quantitative estimate of drug-likeness (QED) is 0.781. The van der Waals surface area contributed by atoms with Crippen molar-refractivity contribution in [3.05, 3.63) is 27.7 Å². The molecule has 0 aliphatic heterocycles. The van der Waals surface area contributed by atoms with Crippen molar-refractivity contribution in [1.82, 2.24) is 5.32 Å². The second-order valence-electron chi connectivity index (χ2n) is 4.24. The standard InChI is InChI=1S/C12H16Cl2N2O3S/c1-2-3-4-7-16-12(17)10-8(13)5-6-9(11(10)14)20(15,18)19/h5-6H,2-4,7H2,1H3,(H,16,17)(H2,15,18,19). The van der Waals surface area contributed by atoms with Crippen LogP contribution >= 0.6 is 23.2 Å². The van der Waals surface area contributed by atoms with E-state index >= 15 is 0 Å². The average Bonchev–Trinajstić information content (AvgIpc) is 2.33. The molecule has 1 aromatic rings. The number of hydrogen-bond donors (Lipinski definition) is 2. The van der Waals surface area contributed by atoms with Crippen molar-refractivity contribution in [3.63, 3.8) is 0 Å². The second kappa shape index (κ2) is 7.26. The van der Waals surface area contributed by atoms with Gasteiger partial charge in [-0.1, -0.05) is 43.0 Å². The van der Waals surface area contributed by atoms with Gasteiger partial charge in [-0.3, -0.25) is 4.79 Å². The minimum atomic E-state index is -4.01. The SMILES string of the molecule is CCCCCNC(=O)c1c(Cl)ccc(S(N)(=O)=O)c1Cl. The van der Waals surface area contributed by atoms with Crippen LogP contribution in [-0.2, 0) is 10.0 Å². The van der Waals surface area contributed by atoms with Crippen LogP contribution in [0, 0.1) is 0 Å². The first-order valence-corrected chi connectivity index (χ1v) is 8.38. The second-order valence-corrected chi connectivity index (χ2v) is 6.56. The Morgan fingerprint density at radius 1 is 1.30 bits per heavy atom. The Balaban J connectivity index is 3.03. The lowest BCUT2D eigenvalue weighted by molar-refractivity contribution is 0.0953. The summed E-state index contributed by atoms with van der Waals surface area (Å²) >= 11 is 11.8. The summed E-state index contributed by atoms with van der Waals surface area (Å²) in [5, 5.41) is 7.50. The maximum atomic E-state index is 12.0. The van der Waals surface area contributed by atoms with E-state index in [1.54, 1.807) is 0 Å². The molecule has 1 aromatic carbocycles. The monoisotopic (exact) mass is 338 g/mol. The normalized spacial score (nSPS) is 11.4. The molecule has 0 bridgehead atoms. The molecule has 0 unspecified atom stereocenters. The third-order valence-electron chi connectivity index (χ3n) is 2.66. The maximum Gasteiger partial charge on any atom is 0.254 e. The lowest BCUT2D eigenvalue weighted by Crippen LogP contribution is -2.26. The number of sulfonamides is 1. The third-order valence-corrected chi connectivity index (χ3v) is 4.43. The van der Waals surface area contributed by atoms with Crippen LogP contribution in [0.1, 0.15) is 36.5 Å². The molecule has 0 aromatic heterocycles. The van der Waals surface area contributed by atoms with Crippen molar-refractivity contribution in [2.24, 2.45) is 5.14 Å². The number of carbonyl (C=O) groups excluding carboxylic acids is 1. The van der Waals surface area contributed by atoms with Crippen LogP contribution in [0.3, 0.4) is 0 Å². The van der Waals surface area contributed by atoms with Gasteiger partial charge < -0.3 is 5.32 Å². The van der Waals surface area contributed by atoms with Gasteiger partial charge in [-0.05, 0) is 18.6 Å². The topological polar surface area (TPSA) is 89.3 Å². The molecule has 0 saturated heterocycles. The summed E-state index contributed by atoms with van der Waals surface area (Å²) in [5.74, 6) is -0.512. The number of primary sulfonamides is 1. The van der Waals surface area contributed by atoms with Crippen LogP contribution in [0.4, 0.5) is 0 Å². The molecule has 0 aliphatic rings. The number of unbranched alkanes of at least 4 members (excludes halogenated alkanes) is 2. The summed E-state index contributed by atoms with van der Waals surface area (Å²) in [5.41, 5.74) is -0.0728. The fourth-order valence-electron chi connectivity index (χ4n) is 1.63. The van der Waals surface area contributed by atoms with Crippen molar-refractivity contribution in [3.8, 4) is 0 Å². The minimum absolute atomic E-state index is 0.0728. The molecule has 8 heteroatoms. The van der Waals surface area contributed by atoms with E-state index in [9.17, 15) is 13.2 Å². The zero-order chi connectivity index (χ0) is 15.3. The molecule has 20 heavy (non-hydrogen) atoms. The molecule has 0 aliphatic carbocycles. The van der Waals surface area contributed by atoms with Crippen LogP contribution < -0.4 is 10.5 Å². The first-order valence-electron chi connectivity index (χ1n) is 6.08. The van der Waals surface area contributed by atoms with Crippen LogP contribution in [0.5, 0.6) is 0 Å². The van der Waals surface area contributed by atoms with Crippen molar-refractivity contribution in [2.45, 2.75) is 31.1 Å². The van der Waals surface area contributed by atoms with Gasteiger partial charge in [-0.15, -0.1) is 0 Å². The lowest BCUT2D eigenvalue weighted by atomic mass is 10.2. The van der Waals surface area contributed by atoms with Gasteiger partial charge in [0.25, 0.3) is 5.91 Å². The number of nitrogens with two attached hydrogens (primary N) is 1. The number of rotatable bonds is 6. The zero-order valence-electron chi connectivity index (χ0n) is 10.9. The molecular formula is C12H16Cl2N2O3S. The van der Waals surface area contributed by atoms with Gasteiger partial charge in [-0.2, -0.15) is 0 Å². The van der Waals surface area contributed by atoms with E-state index in [0.29, 0.717) is 6.54 Å². The van der Waals surface area contributed by atoms with Crippen LogP contribution in [-0.4, -0.2) is 20.9 Å². The number of benzene rings is 1. The van der Waals surface area contributed by atoms with E-state index in [4.69, 9.17) is 28.3 Å². The maximum absolute atomic E-state index is 12.0. The van der Waals surface area contributed by atoms with Gasteiger partial charge in [0.05, 0.1) is 15.6 Å². The smallest absolute Gasteiger partial charge is 0.254 e. The van der Waals surface area contributed by atoms with Gasteiger partial charge in [0.2, 0.25) is 10.0 Å². The zero-order valence-corrected chi connectivity index (χ0v) is 13.3. The Kier molecular flexibility index (Phi) is 6.26. The van der Waals surface area contributed by atoms with E-state index in [1.807, 2.05) is 6.92 Å². The van der Waals surface area contributed by atoms with Gasteiger partial charge in [0.15, 0.2) is 0 Å². The molecule has 0 saturated carbocycles. The Morgan fingerprint density at radius 2 is 1.95 bits per heavy atom. The number of halogens is 2. The Bertz CT molecular complexity index is 603. The first kappa shape index (κ1) is 17.2. The van der Waals surface area contributed by atoms with E-state index in [2.05, 4.69) is 5.32 Å².